The van der Waals surface area contributed by atoms with Crippen LogP contribution in [0.15, 0.2) is 24.3 Å². The van der Waals surface area contributed by atoms with E-state index in [4.69, 9.17) is 19.9 Å². The number of methoxy groups -OCH3 is 1. The molecule has 1 aliphatic heterocycles. The van der Waals surface area contributed by atoms with Crippen LogP contribution in [0, 0.1) is 5.82 Å². The van der Waals surface area contributed by atoms with Crippen LogP contribution in [0.25, 0.3) is 10.9 Å². The second-order valence-corrected chi connectivity index (χ2v) is 8.62. The van der Waals surface area contributed by atoms with Crippen LogP contribution in [0.4, 0.5) is 9.18 Å². The van der Waals surface area contributed by atoms with Gasteiger partial charge in [-0.25, -0.2) is 14.2 Å². The van der Waals surface area contributed by atoms with Crippen molar-refractivity contribution >= 4 is 17.0 Å². The maximum Gasteiger partial charge on any atom is 0.407 e. The highest BCUT2D eigenvalue weighted by Crippen LogP contribution is 2.26. The van der Waals surface area contributed by atoms with Crippen molar-refractivity contribution in [1.29, 1.82) is 0 Å². The molecule has 1 aliphatic rings. The largest absolute Gasteiger partial charge is 0.481 e. The summed E-state index contributed by atoms with van der Waals surface area (Å²) in [6.07, 6.45) is 0.740. The molecule has 3 N–H and O–H groups in total. The summed E-state index contributed by atoms with van der Waals surface area (Å²) >= 11 is 0. The van der Waals surface area contributed by atoms with Crippen molar-refractivity contribution in [3.63, 3.8) is 0 Å². The number of fused-ring (bicyclic) bond motifs is 1. The summed E-state index contributed by atoms with van der Waals surface area (Å²) in [5.74, 6) is -0.00218. The summed E-state index contributed by atoms with van der Waals surface area (Å²) < 4.78 is 31.4. The Balaban J connectivity index is 1.92. The van der Waals surface area contributed by atoms with Crippen LogP contribution in [-0.2, 0) is 15.9 Å². The molecule has 2 aromatic rings. The molecule has 1 aromatic heterocycles. The summed E-state index contributed by atoms with van der Waals surface area (Å²) in [4.78, 5) is 16.9. The first kappa shape index (κ1) is 22.2. The summed E-state index contributed by atoms with van der Waals surface area (Å²) in [6, 6.07) is 6.10. The number of nitrogens with one attached hydrogen (secondary N) is 1. The minimum Gasteiger partial charge on any atom is -0.481 e. The lowest BCUT2D eigenvalue weighted by molar-refractivity contribution is -0.0204. The molecule has 0 bridgehead atoms. The molecule has 0 radical (unpaired) electrons. The molecule has 0 aliphatic carbocycles. The first-order chi connectivity index (χ1) is 14.2. The van der Waals surface area contributed by atoms with E-state index in [0.29, 0.717) is 30.0 Å². The first-order valence-corrected chi connectivity index (χ1v) is 10.1. The van der Waals surface area contributed by atoms with E-state index < -0.39 is 23.6 Å². The normalized spacial score (nSPS) is 20.6. The second-order valence-electron chi connectivity index (χ2n) is 8.62. The van der Waals surface area contributed by atoms with Crippen molar-refractivity contribution in [2.75, 3.05) is 13.7 Å². The number of halogens is 1. The fourth-order valence-electron chi connectivity index (χ4n) is 3.58. The van der Waals surface area contributed by atoms with Crippen LogP contribution in [0.1, 0.15) is 39.2 Å². The van der Waals surface area contributed by atoms with Crippen molar-refractivity contribution in [1.82, 2.24) is 10.3 Å². The van der Waals surface area contributed by atoms with Gasteiger partial charge < -0.3 is 25.3 Å². The standard InChI is InChI=1S/C22H30FN3O4/c1-22(2,3)30-21(27)25-17(18-9-7-14(24)12-29-18)11-15-16(23)8-5-13-6-10-19(28-4)26-20(13)15/h5-6,8,10,14,17-18H,7,9,11-12,24H2,1-4H3,(H,25,27)/t14-,17?,18+/m1/s1. The van der Waals surface area contributed by atoms with Crippen molar-refractivity contribution < 1.29 is 23.4 Å². The van der Waals surface area contributed by atoms with Gasteiger partial charge in [-0.2, -0.15) is 0 Å². The average molecular weight is 419 g/mol. The van der Waals surface area contributed by atoms with Crippen molar-refractivity contribution in [2.45, 2.75) is 63.8 Å². The van der Waals surface area contributed by atoms with Gasteiger partial charge in [0.1, 0.15) is 11.4 Å². The lowest BCUT2D eigenvalue weighted by atomic mass is 9.93. The Kier molecular flexibility index (Phi) is 6.77. The van der Waals surface area contributed by atoms with Gasteiger partial charge in [0.05, 0.1) is 31.4 Å². The topological polar surface area (TPSA) is 95.7 Å². The SMILES string of the molecule is COc1ccc2ccc(F)c(CC(NC(=O)OC(C)(C)C)[C@@H]3CC[C@@H](N)CO3)c2n1. The molecular weight excluding hydrogens is 389 g/mol. The third kappa shape index (κ3) is 5.58. The van der Waals surface area contributed by atoms with Crippen LogP contribution in [0.2, 0.25) is 0 Å². The zero-order valence-corrected chi connectivity index (χ0v) is 17.9. The highest BCUT2D eigenvalue weighted by molar-refractivity contribution is 5.82. The second kappa shape index (κ2) is 9.14. The van der Waals surface area contributed by atoms with Gasteiger partial charge in [0.15, 0.2) is 0 Å². The molecule has 1 unspecified atom stereocenters. The maximum absolute atomic E-state index is 14.9. The van der Waals surface area contributed by atoms with Crippen LogP contribution in [0.5, 0.6) is 5.88 Å². The number of alkyl carbamates (subject to hydrolysis) is 1. The number of benzene rings is 1. The van der Waals surface area contributed by atoms with E-state index in [1.807, 2.05) is 6.07 Å². The minimum atomic E-state index is -0.649. The van der Waals surface area contributed by atoms with E-state index in [2.05, 4.69) is 10.3 Å². The van der Waals surface area contributed by atoms with E-state index >= 15 is 0 Å². The van der Waals surface area contributed by atoms with Gasteiger partial charge in [-0.1, -0.05) is 0 Å². The predicted molar refractivity (Wildman–Crippen MR) is 112 cm³/mol. The lowest BCUT2D eigenvalue weighted by Crippen LogP contribution is -2.51. The molecule has 7 nitrogen and oxygen atoms in total. The average Bonchev–Trinajstić information content (AvgIpc) is 2.68. The van der Waals surface area contributed by atoms with Crippen LogP contribution in [-0.4, -0.2) is 48.6 Å². The number of carbonyl (C=O) groups is 1. The smallest absolute Gasteiger partial charge is 0.407 e. The van der Waals surface area contributed by atoms with E-state index in [1.54, 1.807) is 32.9 Å². The highest BCUT2D eigenvalue weighted by atomic mass is 19.1. The Morgan fingerprint density at radius 3 is 2.70 bits per heavy atom. The molecule has 30 heavy (non-hydrogen) atoms. The van der Waals surface area contributed by atoms with Gasteiger partial charge in [-0.15, -0.1) is 0 Å². The molecule has 3 rings (SSSR count). The minimum absolute atomic E-state index is 0.0383. The van der Waals surface area contributed by atoms with E-state index in [9.17, 15) is 9.18 Å². The van der Waals surface area contributed by atoms with Crippen LogP contribution in [0.3, 0.4) is 0 Å². The number of pyridine rings is 1. The Morgan fingerprint density at radius 2 is 2.07 bits per heavy atom. The molecule has 8 heteroatoms. The number of nitrogens with two attached hydrogens (primary N) is 1. The Bertz CT molecular complexity index is 892. The zero-order valence-electron chi connectivity index (χ0n) is 17.9. The van der Waals surface area contributed by atoms with Gasteiger partial charge >= 0.3 is 6.09 Å². The van der Waals surface area contributed by atoms with Crippen molar-refractivity contribution in [3.8, 4) is 5.88 Å². The summed E-state index contributed by atoms with van der Waals surface area (Å²) in [5, 5.41) is 3.66. The van der Waals surface area contributed by atoms with E-state index in [-0.39, 0.29) is 18.6 Å². The van der Waals surface area contributed by atoms with Crippen LogP contribution < -0.4 is 15.8 Å². The quantitative estimate of drug-likeness (QED) is 0.772. The van der Waals surface area contributed by atoms with Crippen LogP contribution >= 0.6 is 0 Å². The third-order valence-corrected chi connectivity index (χ3v) is 5.01. The molecule has 1 amide bonds. The van der Waals surface area contributed by atoms with E-state index in [0.717, 1.165) is 11.8 Å². The Hall–Kier alpha value is -2.45. The van der Waals surface area contributed by atoms with Gasteiger partial charge in [-0.05, 0) is 51.8 Å². The number of hydrogen-bond acceptors (Lipinski definition) is 6. The lowest BCUT2D eigenvalue weighted by Gasteiger charge is -2.34. The summed E-state index contributed by atoms with van der Waals surface area (Å²) in [6.45, 7) is 5.76. The number of hydrogen-bond donors (Lipinski definition) is 2. The molecule has 164 valence electrons. The fourth-order valence-corrected chi connectivity index (χ4v) is 3.58. The van der Waals surface area contributed by atoms with Crippen molar-refractivity contribution in [3.05, 3.63) is 35.6 Å². The molecule has 0 saturated carbocycles. The van der Waals surface area contributed by atoms with Gasteiger partial charge in [0, 0.05) is 29.5 Å². The van der Waals surface area contributed by atoms with Gasteiger partial charge in [0.25, 0.3) is 0 Å². The van der Waals surface area contributed by atoms with Gasteiger partial charge in [-0.3, -0.25) is 0 Å². The number of amides is 1. The Labute approximate surface area is 176 Å². The number of rotatable bonds is 5. The number of nitrogens with zero attached hydrogens (tertiary/aromatic N) is 1. The monoisotopic (exact) mass is 419 g/mol. The number of aromatic nitrogens is 1. The predicted octanol–water partition coefficient (Wildman–Crippen LogP) is 3.32. The van der Waals surface area contributed by atoms with Crippen molar-refractivity contribution in [2.24, 2.45) is 5.73 Å². The summed E-state index contributed by atoms with van der Waals surface area (Å²) in [5.41, 5.74) is 6.19. The zero-order chi connectivity index (χ0) is 21.9. The molecular formula is C22H30FN3O4. The molecule has 1 fully saturated rings. The maximum atomic E-state index is 14.9. The molecule has 0 spiro atoms. The number of ether oxygens (including phenoxy) is 3. The third-order valence-electron chi connectivity index (χ3n) is 5.01. The molecule has 2 heterocycles. The highest BCUT2D eigenvalue weighted by Gasteiger charge is 2.31. The Morgan fingerprint density at radius 1 is 1.33 bits per heavy atom. The fraction of sp³-hybridized carbons (Fsp3) is 0.545. The first-order valence-electron chi connectivity index (χ1n) is 10.1. The molecule has 1 saturated heterocycles. The molecule has 1 aromatic carbocycles. The molecule has 3 atom stereocenters. The van der Waals surface area contributed by atoms with E-state index in [1.165, 1.54) is 13.2 Å². The summed E-state index contributed by atoms with van der Waals surface area (Å²) in [7, 11) is 1.51. The number of carbonyl (C=O) groups excluding carboxylic acids is 1. The van der Waals surface area contributed by atoms with Gasteiger partial charge in [0.2, 0.25) is 5.88 Å².